The van der Waals surface area contributed by atoms with Crippen LogP contribution in [0.5, 0.6) is 0 Å². The molecule has 1 aromatic carbocycles. The lowest BCUT2D eigenvalue weighted by Crippen LogP contribution is -2.59. The summed E-state index contributed by atoms with van der Waals surface area (Å²) in [6.07, 6.45) is 0.439. The van der Waals surface area contributed by atoms with Crippen LogP contribution >= 0.6 is 0 Å². The Bertz CT molecular complexity index is 856. The lowest BCUT2D eigenvalue weighted by Gasteiger charge is -2.43. The summed E-state index contributed by atoms with van der Waals surface area (Å²) in [6, 6.07) is 2.53. The Balaban J connectivity index is 1.75. The quantitative estimate of drug-likeness (QED) is 0.660. The van der Waals surface area contributed by atoms with Crippen molar-refractivity contribution >= 4 is 11.8 Å². The van der Waals surface area contributed by atoms with Gasteiger partial charge in [0.25, 0.3) is 0 Å². The SMILES string of the molecule is CC1=C(CC(=O)N[C@@H](C)c2ccc(F)cc2F)C(=O)NC2CCNC(OC(C)C)C12. The average molecular weight is 421 g/mol. The molecule has 1 saturated heterocycles. The molecule has 2 amide bonds. The molecular weight excluding hydrogens is 392 g/mol. The minimum Gasteiger partial charge on any atom is -0.360 e. The van der Waals surface area contributed by atoms with E-state index < -0.39 is 23.6 Å². The molecule has 0 bridgehead atoms. The Morgan fingerprint density at radius 2 is 2.03 bits per heavy atom. The predicted molar refractivity (Wildman–Crippen MR) is 108 cm³/mol. The molecule has 0 aliphatic carbocycles. The van der Waals surface area contributed by atoms with Crippen molar-refractivity contribution in [2.75, 3.05) is 6.54 Å². The van der Waals surface area contributed by atoms with Crippen molar-refractivity contribution in [3.8, 4) is 0 Å². The number of halogens is 2. The number of benzene rings is 1. The van der Waals surface area contributed by atoms with Gasteiger partial charge in [-0.2, -0.15) is 0 Å². The van der Waals surface area contributed by atoms with E-state index in [2.05, 4.69) is 16.0 Å². The fourth-order valence-electron chi connectivity index (χ4n) is 4.25. The van der Waals surface area contributed by atoms with Gasteiger partial charge in [-0.25, -0.2) is 8.78 Å². The Hall–Kier alpha value is -2.32. The summed E-state index contributed by atoms with van der Waals surface area (Å²) in [5.74, 6) is -2.12. The maximum Gasteiger partial charge on any atom is 0.247 e. The molecule has 2 aliphatic heterocycles. The van der Waals surface area contributed by atoms with Crippen molar-refractivity contribution in [2.45, 2.75) is 65.0 Å². The number of nitrogens with one attached hydrogen (secondary N) is 3. The molecular formula is C22H29F2N3O3. The maximum absolute atomic E-state index is 14.0. The fraction of sp³-hybridized carbons (Fsp3) is 0.545. The van der Waals surface area contributed by atoms with Gasteiger partial charge < -0.3 is 15.4 Å². The Morgan fingerprint density at radius 3 is 2.70 bits per heavy atom. The molecule has 0 saturated carbocycles. The van der Waals surface area contributed by atoms with Crippen LogP contribution in [-0.4, -0.2) is 36.7 Å². The van der Waals surface area contributed by atoms with Crippen LogP contribution in [0.15, 0.2) is 29.3 Å². The monoisotopic (exact) mass is 421 g/mol. The summed E-state index contributed by atoms with van der Waals surface area (Å²) < 4.78 is 33.1. The standard InChI is InChI=1S/C22H29F2N3O3/c1-11(2)30-22-20-12(3)16(21(29)27-18(20)7-8-25-22)10-19(28)26-13(4)15-6-5-14(23)9-17(15)24/h5-6,9,11,13,18,20,22,25H,7-8,10H2,1-4H3,(H,26,28)(H,27,29)/t13-,18?,20?,22?/m0/s1. The largest absolute Gasteiger partial charge is 0.360 e. The van der Waals surface area contributed by atoms with Crippen LogP contribution in [0.3, 0.4) is 0 Å². The van der Waals surface area contributed by atoms with Gasteiger partial charge >= 0.3 is 0 Å². The third-order valence-electron chi connectivity index (χ3n) is 5.69. The van der Waals surface area contributed by atoms with Crippen LogP contribution in [0.25, 0.3) is 0 Å². The molecule has 8 heteroatoms. The van der Waals surface area contributed by atoms with Gasteiger partial charge in [0.1, 0.15) is 17.9 Å². The molecule has 1 fully saturated rings. The predicted octanol–water partition coefficient (Wildman–Crippen LogP) is 2.71. The summed E-state index contributed by atoms with van der Waals surface area (Å²) in [4.78, 5) is 25.3. The molecule has 0 radical (unpaired) electrons. The maximum atomic E-state index is 14.0. The molecule has 1 aromatic rings. The molecule has 3 unspecified atom stereocenters. The normalized spacial score (nSPS) is 25.0. The minimum atomic E-state index is -0.724. The summed E-state index contributed by atoms with van der Waals surface area (Å²) >= 11 is 0. The zero-order valence-electron chi connectivity index (χ0n) is 17.7. The number of hydrogen-bond acceptors (Lipinski definition) is 4. The van der Waals surface area contributed by atoms with Crippen LogP contribution in [0.2, 0.25) is 0 Å². The smallest absolute Gasteiger partial charge is 0.247 e. The second kappa shape index (κ2) is 9.22. The highest BCUT2D eigenvalue weighted by molar-refractivity contribution is 6.00. The minimum absolute atomic E-state index is 0.0184. The van der Waals surface area contributed by atoms with Crippen molar-refractivity contribution in [3.05, 3.63) is 46.5 Å². The second-order valence-electron chi connectivity index (χ2n) is 8.25. The van der Waals surface area contributed by atoms with Gasteiger partial charge in [-0.05, 0) is 46.7 Å². The number of piperidine rings is 1. The number of carbonyl (C=O) groups excluding carboxylic acids is 2. The van der Waals surface area contributed by atoms with E-state index in [1.54, 1.807) is 6.92 Å². The summed E-state index contributed by atoms with van der Waals surface area (Å²) in [5, 5.41) is 9.06. The van der Waals surface area contributed by atoms with Gasteiger partial charge in [-0.1, -0.05) is 11.6 Å². The number of hydrogen-bond donors (Lipinski definition) is 3. The molecule has 3 N–H and O–H groups in total. The van der Waals surface area contributed by atoms with Crippen LogP contribution < -0.4 is 16.0 Å². The van der Waals surface area contributed by atoms with Gasteiger partial charge in [-0.3, -0.25) is 14.9 Å². The number of ether oxygens (including phenoxy) is 1. The zero-order chi connectivity index (χ0) is 22.0. The molecule has 2 aliphatic rings. The molecule has 6 nitrogen and oxygen atoms in total. The molecule has 0 aromatic heterocycles. The number of rotatable bonds is 6. The molecule has 3 rings (SSSR count). The first-order chi connectivity index (χ1) is 14.2. The van der Waals surface area contributed by atoms with E-state index in [4.69, 9.17) is 4.74 Å². The first-order valence-electron chi connectivity index (χ1n) is 10.3. The van der Waals surface area contributed by atoms with Crippen LogP contribution in [0, 0.1) is 17.6 Å². The summed E-state index contributed by atoms with van der Waals surface area (Å²) in [5.41, 5.74) is 1.42. The van der Waals surface area contributed by atoms with E-state index in [9.17, 15) is 18.4 Å². The highest BCUT2D eigenvalue weighted by Crippen LogP contribution is 2.33. The van der Waals surface area contributed by atoms with Gasteiger partial charge in [0.15, 0.2) is 0 Å². The van der Waals surface area contributed by atoms with E-state index in [-0.39, 0.29) is 42.2 Å². The van der Waals surface area contributed by atoms with E-state index in [1.807, 2.05) is 20.8 Å². The number of carbonyl (C=O) groups is 2. The lowest BCUT2D eigenvalue weighted by molar-refractivity contribution is -0.126. The lowest BCUT2D eigenvalue weighted by atomic mass is 9.79. The summed E-state index contributed by atoms with van der Waals surface area (Å²) in [7, 11) is 0. The topological polar surface area (TPSA) is 79.5 Å². The van der Waals surface area contributed by atoms with E-state index in [0.717, 1.165) is 30.7 Å². The third kappa shape index (κ3) is 4.87. The van der Waals surface area contributed by atoms with Crippen molar-refractivity contribution in [2.24, 2.45) is 5.92 Å². The first-order valence-corrected chi connectivity index (χ1v) is 10.3. The Labute approximate surface area is 175 Å². The number of fused-ring (bicyclic) bond motifs is 1. The Kier molecular flexibility index (Phi) is 6.88. The molecule has 4 atom stereocenters. The number of amides is 2. The van der Waals surface area contributed by atoms with Crippen molar-refractivity contribution in [1.82, 2.24) is 16.0 Å². The second-order valence-corrected chi connectivity index (χ2v) is 8.25. The van der Waals surface area contributed by atoms with E-state index in [0.29, 0.717) is 5.57 Å². The van der Waals surface area contributed by atoms with Crippen LogP contribution in [0.1, 0.15) is 52.1 Å². The highest BCUT2D eigenvalue weighted by atomic mass is 19.1. The van der Waals surface area contributed by atoms with Crippen molar-refractivity contribution in [1.29, 1.82) is 0 Å². The molecule has 0 spiro atoms. The highest BCUT2D eigenvalue weighted by Gasteiger charge is 2.41. The molecule has 30 heavy (non-hydrogen) atoms. The van der Waals surface area contributed by atoms with E-state index in [1.165, 1.54) is 6.07 Å². The van der Waals surface area contributed by atoms with E-state index >= 15 is 0 Å². The summed E-state index contributed by atoms with van der Waals surface area (Å²) in [6.45, 7) is 8.13. The van der Waals surface area contributed by atoms with Gasteiger partial charge in [0.2, 0.25) is 11.8 Å². The van der Waals surface area contributed by atoms with Crippen LogP contribution in [0.4, 0.5) is 8.78 Å². The van der Waals surface area contributed by atoms with Crippen molar-refractivity contribution in [3.63, 3.8) is 0 Å². The third-order valence-corrected chi connectivity index (χ3v) is 5.69. The van der Waals surface area contributed by atoms with Gasteiger partial charge in [0.05, 0.1) is 18.6 Å². The zero-order valence-corrected chi connectivity index (χ0v) is 17.7. The molecule has 164 valence electrons. The average Bonchev–Trinajstić information content (AvgIpc) is 2.64. The van der Waals surface area contributed by atoms with Gasteiger partial charge in [0, 0.05) is 29.2 Å². The molecule has 2 heterocycles. The first kappa shape index (κ1) is 22.4. The fourth-order valence-corrected chi connectivity index (χ4v) is 4.25. The Morgan fingerprint density at radius 1 is 1.30 bits per heavy atom. The van der Waals surface area contributed by atoms with Gasteiger partial charge in [-0.15, -0.1) is 0 Å². The van der Waals surface area contributed by atoms with Crippen LogP contribution in [-0.2, 0) is 14.3 Å². The van der Waals surface area contributed by atoms with Crippen molar-refractivity contribution < 1.29 is 23.1 Å².